The van der Waals surface area contributed by atoms with Crippen LogP contribution >= 0.6 is 0 Å². The smallest absolute Gasteiger partial charge is 0.251 e. The molecule has 2 aromatic carbocycles. The second-order valence-corrected chi connectivity index (χ2v) is 8.86. The molecule has 3 heterocycles. The molecule has 0 fully saturated rings. The number of nitrogens with one attached hydrogen (secondary N) is 1. The minimum atomic E-state index is -0.114. The lowest BCUT2D eigenvalue weighted by molar-refractivity contribution is 0.0951. The van der Waals surface area contributed by atoms with E-state index >= 15 is 0 Å². The van der Waals surface area contributed by atoms with Crippen molar-refractivity contribution in [2.75, 3.05) is 24.7 Å². The summed E-state index contributed by atoms with van der Waals surface area (Å²) in [4.78, 5) is 28.4. The second-order valence-electron chi connectivity index (χ2n) is 8.86. The maximum absolute atomic E-state index is 12.7. The lowest BCUT2D eigenvalue weighted by Gasteiger charge is -2.14. The van der Waals surface area contributed by atoms with Gasteiger partial charge in [0.05, 0.1) is 5.56 Å². The van der Waals surface area contributed by atoms with Crippen LogP contribution in [0.2, 0.25) is 0 Å². The molecular weight excluding hydrogens is 450 g/mol. The van der Waals surface area contributed by atoms with E-state index in [0.717, 1.165) is 39.2 Å². The molecular formula is C28H27N7O. The Bertz CT molecular complexity index is 1550. The molecule has 0 atom stereocenters. The third kappa shape index (κ3) is 4.48. The van der Waals surface area contributed by atoms with Gasteiger partial charge in [0.1, 0.15) is 11.3 Å². The van der Waals surface area contributed by atoms with Gasteiger partial charge in [-0.2, -0.15) is 0 Å². The van der Waals surface area contributed by atoms with Gasteiger partial charge in [0, 0.05) is 50.0 Å². The molecule has 0 aliphatic heterocycles. The van der Waals surface area contributed by atoms with Crippen LogP contribution < -0.4 is 16.0 Å². The van der Waals surface area contributed by atoms with Crippen LogP contribution in [0.5, 0.6) is 0 Å². The molecule has 0 radical (unpaired) electrons. The largest absolute Gasteiger partial charge is 0.383 e. The first-order valence-corrected chi connectivity index (χ1v) is 11.6. The van der Waals surface area contributed by atoms with Crippen LogP contribution in [-0.4, -0.2) is 39.5 Å². The van der Waals surface area contributed by atoms with E-state index in [1.54, 1.807) is 6.20 Å². The van der Waals surface area contributed by atoms with Crippen molar-refractivity contribution in [3.8, 4) is 17.1 Å². The van der Waals surface area contributed by atoms with Crippen molar-refractivity contribution in [2.45, 2.75) is 13.5 Å². The van der Waals surface area contributed by atoms with Crippen LogP contribution in [0, 0.1) is 6.92 Å². The van der Waals surface area contributed by atoms with Crippen molar-refractivity contribution in [3.05, 3.63) is 95.8 Å². The molecule has 36 heavy (non-hydrogen) atoms. The fraction of sp³-hybridized carbons (Fsp3) is 0.143. The zero-order chi connectivity index (χ0) is 25.2. The van der Waals surface area contributed by atoms with Gasteiger partial charge in [-0.3, -0.25) is 9.36 Å². The minimum Gasteiger partial charge on any atom is -0.383 e. The fourth-order valence-electron chi connectivity index (χ4n) is 4.07. The van der Waals surface area contributed by atoms with E-state index in [1.807, 2.05) is 103 Å². The first kappa shape index (κ1) is 23.0. The molecule has 3 aromatic heterocycles. The number of anilines is 2. The number of rotatable bonds is 6. The average molecular weight is 478 g/mol. The van der Waals surface area contributed by atoms with Crippen molar-refractivity contribution >= 4 is 28.6 Å². The van der Waals surface area contributed by atoms with Crippen LogP contribution in [0.1, 0.15) is 21.5 Å². The molecule has 0 aliphatic carbocycles. The monoisotopic (exact) mass is 477 g/mol. The highest BCUT2D eigenvalue weighted by molar-refractivity contribution is 5.95. The summed E-state index contributed by atoms with van der Waals surface area (Å²) in [7, 11) is 3.90. The Hall–Kier alpha value is -4.72. The van der Waals surface area contributed by atoms with Crippen molar-refractivity contribution in [1.29, 1.82) is 0 Å². The lowest BCUT2D eigenvalue weighted by Crippen LogP contribution is -2.23. The van der Waals surface area contributed by atoms with E-state index in [-0.39, 0.29) is 5.91 Å². The molecule has 8 heteroatoms. The molecule has 0 bridgehead atoms. The Labute approximate surface area is 209 Å². The number of nitrogens with two attached hydrogens (primary N) is 1. The van der Waals surface area contributed by atoms with Gasteiger partial charge in [-0.05, 0) is 66.6 Å². The highest BCUT2D eigenvalue weighted by atomic mass is 16.1. The minimum absolute atomic E-state index is 0.114. The molecule has 0 saturated heterocycles. The maximum Gasteiger partial charge on any atom is 0.251 e. The summed E-state index contributed by atoms with van der Waals surface area (Å²) < 4.78 is 1.98. The number of fused-ring (bicyclic) bond motifs is 1. The van der Waals surface area contributed by atoms with Crippen LogP contribution in [0.25, 0.3) is 28.2 Å². The summed E-state index contributed by atoms with van der Waals surface area (Å²) in [6.45, 7) is 2.40. The van der Waals surface area contributed by atoms with Gasteiger partial charge in [0.25, 0.3) is 5.91 Å². The van der Waals surface area contributed by atoms with Crippen LogP contribution in [0.3, 0.4) is 0 Å². The third-order valence-electron chi connectivity index (χ3n) is 5.99. The average Bonchev–Trinajstić information content (AvgIpc) is 3.26. The molecule has 1 amide bonds. The molecule has 0 spiro atoms. The van der Waals surface area contributed by atoms with Gasteiger partial charge < -0.3 is 16.0 Å². The van der Waals surface area contributed by atoms with Gasteiger partial charge in [-0.1, -0.05) is 18.2 Å². The Kier molecular flexibility index (Phi) is 6.08. The molecule has 5 rings (SSSR count). The van der Waals surface area contributed by atoms with E-state index in [9.17, 15) is 4.79 Å². The Balaban J connectivity index is 1.43. The van der Waals surface area contributed by atoms with Crippen LogP contribution in [0.15, 0.2) is 79.1 Å². The summed E-state index contributed by atoms with van der Waals surface area (Å²) in [5, 5.41) is 3.00. The predicted octanol–water partition coefficient (Wildman–Crippen LogP) is 4.37. The SMILES string of the molecule is Cc1cnc2c(c1)nc(-c1cccnc1N)n2-c1ccc(CNC(=O)c2cccc(N(C)C)c2)cc1. The predicted molar refractivity (Wildman–Crippen MR) is 143 cm³/mol. The topological polar surface area (TPSA) is 102 Å². The van der Waals surface area contributed by atoms with Gasteiger partial charge in [-0.15, -0.1) is 0 Å². The number of benzene rings is 2. The summed E-state index contributed by atoms with van der Waals surface area (Å²) in [6, 6.07) is 21.3. The van der Waals surface area contributed by atoms with Crippen molar-refractivity contribution in [1.82, 2.24) is 24.8 Å². The fourth-order valence-corrected chi connectivity index (χ4v) is 4.07. The van der Waals surface area contributed by atoms with E-state index in [4.69, 9.17) is 10.7 Å². The number of imidazole rings is 1. The first-order valence-electron chi connectivity index (χ1n) is 11.6. The highest BCUT2D eigenvalue weighted by Crippen LogP contribution is 2.30. The molecule has 3 N–H and O–H groups in total. The lowest BCUT2D eigenvalue weighted by atomic mass is 10.1. The zero-order valence-electron chi connectivity index (χ0n) is 20.4. The number of hydrogen-bond donors (Lipinski definition) is 2. The number of aromatic nitrogens is 4. The summed E-state index contributed by atoms with van der Waals surface area (Å²) >= 11 is 0. The van der Waals surface area contributed by atoms with Crippen molar-refractivity contribution < 1.29 is 4.79 Å². The Morgan fingerprint density at radius 2 is 1.83 bits per heavy atom. The van der Waals surface area contributed by atoms with Gasteiger partial charge in [0.2, 0.25) is 0 Å². The van der Waals surface area contributed by atoms with Crippen molar-refractivity contribution in [2.24, 2.45) is 0 Å². The van der Waals surface area contributed by atoms with Crippen LogP contribution in [0.4, 0.5) is 11.5 Å². The number of amides is 1. The Morgan fingerprint density at radius 1 is 1.03 bits per heavy atom. The summed E-state index contributed by atoms with van der Waals surface area (Å²) in [6.07, 6.45) is 3.49. The van der Waals surface area contributed by atoms with Crippen molar-refractivity contribution in [3.63, 3.8) is 0 Å². The molecule has 0 unspecified atom stereocenters. The van der Waals surface area contributed by atoms with E-state index in [1.165, 1.54) is 0 Å². The molecule has 180 valence electrons. The van der Waals surface area contributed by atoms with Gasteiger partial charge >= 0.3 is 0 Å². The standard InChI is InChI=1S/C28H27N7O/c1-18-14-24-27(31-16-18)35(26(33-24)23-8-5-13-30-25(23)29)21-11-9-19(10-12-21)17-32-28(36)20-6-4-7-22(15-20)34(2)3/h4-16H,17H2,1-3H3,(H2,29,30)(H,32,36). The van der Waals surface area contributed by atoms with E-state index in [2.05, 4.69) is 15.3 Å². The molecule has 0 aliphatic rings. The molecule has 8 nitrogen and oxygen atoms in total. The molecule has 0 saturated carbocycles. The third-order valence-corrected chi connectivity index (χ3v) is 5.99. The quantitative estimate of drug-likeness (QED) is 0.377. The molecule has 5 aromatic rings. The highest BCUT2D eigenvalue weighted by Gasteiger charge is 2.18. The number of carbonyl (C=O) groups is 1. The first-order chi connectivity index (χ1) is 17.4. The maximum atomic E-state index is 12.7. The normalized spacial score (nSPS) is 11.0. The zero-order valence-corrected chi connectivity index (χ0v) is 20.4. The van der Waals surface area contributed by atoms with E-state index in [0.29, 0.717) is 23.8 Å². The number of pyridine rings is 2. The van der Waals surface area contributed by atoms with E-state index < -0.39 is 0 Å². The van der Waals surface area contributed by atoms with Gasteiger partial charge in [0.15, 0.2) is 11.5 Å². The summed E-state index contributed by atoms with van der Waals surface area (Å²) in [5.74, 6) is 0.969. The van der Waals surface area contributed by atoms with Gasteiger partial charge in [-0.25, -0.2) is 15.0 Å². The Morgan fingerprint density at radius 3 is 2.58 bits per heavy atom. The summed E-state index contributed by atoms with van der Waals surface area (Å²) in [5.41, 5.74) is 13.0. The second kappa shape index (κ2) is 9.50. The number of aryl methyl sites for hydroxylation is 1. The number of hydrogen-bond acceptors (Lipinski definition) is 6. The number of nitrogens with zero attached hydrogens (tertiary/aromatic N) is 5. The van der Waals surface area contributed by atoms with Crippen LogP contribution in [-0.2, 0) is 6.54 Å². The number of carbonyl (C=O) groups excluding carboxylic acids is 1. The number of nitrogen functional groups attached to an aromatic ring is 1.